The van der Waals surface area contributed by atoms with Gasteiger partial charge in [0.1, 0.15) is 11.6 Å². The zero-order valence-corrected chi connectivity index (χ0v) is 10.8. The van der Waals surface area contributed by atoms with Gasteiger partial charge in [0.2, 0.25) is 0 Å². The summed E-state index contributed by atoms with van der Waals surface area (Å²) in [6.45, 7) is 0. The summed E-state index contributed by atoms with van der Waals surface area (Å²) < 4.78 is 43.2. The van der Waals surface area contributed by atoms with Gasteiger partial charge < -0.3 is 9.72 Å². The number of nitrogens with zero attached hydrogens (tertiary/aromatic N) is 3. The lowest BCUT2D eigenvalue weighted by molar-refractivity contribution is -0.137. The maximum atomic E-state index is 12.7. The van der Waals surface area contributed by atoms with E-state index in [0.717, 1.165) is 12.1 Å². The molecule has 0 bridgehead atoms. The Morgan fingerprint density at radius 2 is 1.90 bits per heavy atom. The van der Waals surface area contributed by atoms with Crippen molar-refractivity contribution in [2.75, 3.05) is 7.11 Å². The molecule has 0 unspecified atom stereocenters. The molecule has 0 radical (unpaired) electrons. The van der Waals surface area contributed by atoms with Crippen LogP contribution < -0.4 is 4.74 Å². The molecule has 2 heterocycles. The molecule has 0 fully saturated rings. The van der Waals surface area contributed by atoms with Crippen LogP contribution >= 0.6 is 0 Å². The second kappa shape index (κ2) is 4.72. The predicted molar refractivity (Wildman–Crippen MR) is 68.7 cm³/mol. The number of fused-ring (bicyclic) bond motifs is 1. The first kappa shape index (κ1) is 13.3. The monoisotopic (exact) mass is 294 g/mol. The highest BCUT2D eigenvalue weighted by Crippen LogP contribution is 2.36. The lowest BCUT2D eigenvalue weighted by Gasteiger charge is -2.11. The van der Waals surface area contributed by atoms with Crippen LogP contribution in [-0.4, -0.2) is 27.0 Å². The zero-order chi connectivity index (χ0) is 15.0. The fourth-order valence-corrected chi connectivity index (χ4v) is 1.94. The molecule has 5 nitrogen and oxygen atoms in total. The molecule has 1 N–H and O–H groups in total. The quantitative estimate of drug-likeness (QED) is 0.789. The third-order valence-corrected chi connectivity index (χ3v) is 2.92. The highest BCUT2D eigenvalue weighted by Gasteiger charge is 2.31. The Morgan fingerprint density at radius 1 is 1.14 bits per heavy atom. The molecule has 108 valence electrons. The van der Waals surface area contributed by atoms with Gasteiger partial charge in [0.25, 0.3) is 0 Å². The van der Waals surface area contributed by atoms with Gasteiger partial charge in [-0.3, -0.25) is 0 Å². The summed E-state index contributed by atoms with van der Waals surface area (Å²) in [4.78, 5) is 15.1. The highest BCUT2D eigenvalue weighted by atomic mass is 19.4. The first-order valence-electron chi connectivity index (χ1n) is 5.91. The molecule has 3 rings (SSSR count). The number of rotatable bonds is 2. The fourth-order valence-electron chi connectivity index (χ4n) is 1.94. The Bertz CT molecular complexity index is 764. The van der Waals surface area contributed by atoms with E-state index in [1.165, 1.54) is 25.6 Å². The minimum Gasteiger partial charge on any atom is -0.496 e. The van der Waals surface area contributed by atoms with Crippen molar-refractivity contribution >= 4 is 11.3 Å². The number of nitrogens with one attached hydrogen (secondary N) is 1. The minimum atomic E-state index is -4.43. The highest BCUT2D eigenvalue weighted by molar-refractivity contribution is 5.74. The lowest BCUT2D eigenvalue weighted by Crippen LogP contribution is -2.05. The summed E-state index contributed by atoms with van der Waals surface area (Å²) in [6, 6.07) is 3.22. The van der Waals surface area contributed by atoms with Crippen molar-refractivity contribution in [3.63, 3.8) is 0 Å². The van der Waals surface area contributed by atoms with Crippen LogP contribution in [0, 0.1) is 0 Å². The first-order valence-corrected chi connectivity index (χ1v) is 5.91. The molecular weight excluding hydrogens is 285 g/mol. The molecular formula is C13H9F3N4O. The molecule has 0 atom stereocenters. The van der Waals surface area contributed by atoms with Crippen molar-refractivity contribution in [3.8, 4) is 17.1 Å². The number of hydrogen-bond acceptors (Lipinski definition) is 4. The second-order valence-electron chi connectivity index (χ2n) is 4.23. The molecule has 3 aromatic rings. The number of alkyl halides is 3. The summed E-state index contributed by atoms with van der Waals surface area (Å²) in [5.41, 5.74) is 0.463. The molecule has 0 amide bonds. The van der Waals surface area contributed by atoms with Crippen molar-refractivity contribution in [1.29, 1.82) is 0 Å². The SMILES string of the molecule is COc1cc(C(F)(F)F)ccc1-c1nc2nccnc2[nH]1. The lowest BCUT2D eigenvalue weighted by atomic mass is 10.1. The van der Waals surface area contributed by atoms with Gasteiger partial charge in [0.05, 0.1) is 18.2 Å². The summed E-state index contributed by atoms with van der Waals surface area (Å²) in [5, 5.41) is 0. The van der Waals surface area contributed by atoms with Crippen LogP contribution in [0.15, 0.2) is 30.6 Å². The summed E-state index contributed by atoms with van der Waals surface area (Å²) in [7, 11) is 1.30. The van der Waals surface area contributed by atoms with Gasteiger partial charge in [0, 0.05) is 12.4 Å². The Morgan fingerprint density at radius 3 is 2.57 bits per heavy atom. The standard InChI is InChI=1S/C13H9F3N4O/c1-21-9-6-7(13(14,15)16)2-3-8(9)10-19-11-12(20-10)18-5-4-17-11/h2-6H,1H3,(H,17,18,19,20). The molecule has 0 aliphatic rings. The zero-order valence-electron chi connectivity index (χ0n) is 10.8. The molecule has 0 saturated carbocycles. The fraction of sp³-hybridized carbons (Fsp3) is 0.154. The Kier molecular flexibility index (Phi) is 3.00. The largest absolute Gasteiger partial charge is 0.496 e. The van der Waals surface area contributed by atoms with Crippen molar-refractivity contribution in [1.82, 2.24) is 19.9 Å². The average Bonchev–Trinajstić information content (AvgIpc) is 2.89. The van der Waals surface area contributed by atoms with Crippen LogP contribution in [0.5, 0.6) is 5.75 Å². The number of hydrogen-bond donors (Lipinski definition) is 1. The molecule has 0 aliphatic carbocycles. The predicted octanol–water partition coefficient (Wildman–Crippen LogP) is 3.05. The van der Waals surface area contributed by atoms with Crippen LogP contribution in [0.3, 0.4) is 0 Å². The van der Waals surface area contributed by atoms with Gasteiger partial charge in [-0.2, -0.15) is 13.2 Å². The van der Waals surface area contributed by atoms with Crippen molar-refractivity contribution in [2.45, 2.75) is 6.18 Å². The third-order valence-electron chi connectivity index (χ3n) is 2.92. The number of aromatic nitrogens is 4. The normalized spacial score (nSPS) is 11.8. The van der Waals surface area contributed by atoms with Crippen LogP contribution in [0.1, 0.15) is 5.56 Å². The average molecular weight is 294 g/mol. The minimum absolute atomic E-state index is 0.0730. The molecule has 8 heteroatoms. The van der Waals surface area contributed by atoms with Gasteiger partial charge in [-0.15, -0.1) is 0 Å². The van der Waals surface area contributed by atoms with E-state index in [0.29, 0.717) is 22.7 Å². The van der Waals surface area contributed by atoms with Gasteiger partial charge >= 0.3 is 6.18 Å². The number of benzene rings is 1. The molecule has 1 aromatic carbocycles. The van der Waals surface area contributed by atoms with Crippen LogP contribution in [0.2, 0.25) is 0 Å². The van der Waals surface area contributed by atoms with Crippen LogP contribution in [-0.2, 0) is 6.18 Å². The van der Waals surface area contributed by atoms with E-state index in [-0.39, 0.29) is 5.75 Å². The Labute approximate surface area is 116 Å². The van der Waals surface area contributed by atoms with E-state index >= 15 is 0 Å². The second-order valence-corrected chi connectivity index (χ2v) is 4.23. The number of imidazole rings is 1. The van der Waals surface area contributed by atoms with Gasteiger partial charge in [-0.1, -0.05) is 0 Å². The molecule has 21 heavy (non-hydrogen) atoms. The van der Waals surface area contributed by atoms with E-state index in [4.69, 9.17) is 4.74 Å². The maximum absolute atomic E-state index is 12.7. The van der Waals surface area contributed by atoms with E-state index < -0.39 is 11.7 Å². The smallest absolute Gasteiger partial charge is 0.416 e. The number of ether oxygens (including phenoxy) is 1. The van der Waals surface area contributed by atoms with E-state index in [1.54, 1.807) is 0 Å². The number of aromatic amines is 1. The maximum Gasteiger partial charge on any atom is 0.416 e. The van der Waals surface area contributed by atoms with E-state index in [9.17, 15) is 13.2 Å². The van der Waals surface area contributed by atoms with Gasteiger partial charge in [-0.25, -0.2) is 15.0 Å². The van der Waals surface area contributed by atoms with Gasteiger partial charge in [-0.05, 0) is 18.2 Å². The topological polar surface area (TPSA) is 63.7 Å². The van der Waals surface area contributed by atoms with Crippen molar-refractivity contribution in [3.05, 3.63) is 36.2 Å². The molecule has 0 spiro atoms. The van der Waals surface area contributed by atoms with Gasteiger partial charge in [0.15, 0.2) is 11.3 Å². The Balaban J connectivity index is 2.13. The summed E-state index contributed by atoms with van der Waals surface area (Å²) >= 11 is 0. The van der Waals surface area contributed by atoms with Crippen LogP contribution in [0.4, 0.5) is 13.2 Å². The summed E-state index contributed by atoms with van der Waals surface area (Å²) in [5.74, 6) is 0.422. The van der Waals surface area contributed by atoms with E-state index in [2.05, 4.69) is 19.9 Å². The van der Waals surface area contributed by atoms with E-state index in [1.807, 2.05) is 0 Å². The third kappa shape index (κ3) is 2.39. The molecule has 0 aliphatic heterocycles. The first-order chi connectivity index (χ1) is 9.99. The molecule has 0 saturated heterocycles. The number of H-pyrrole nitrogens is 1. The van der Waals surface area contributed by atoms with Crippen molar-refractivity contribution in [2.24, 2.45) is 0 Å². The molecule has 2 aromatic heterocycles. The number of halogens is 3. The van der Waals surface area contributed by atoms with Crippen LogP contribution in [0.25, 0.3) is 22.7 Å². The summed E-state index contributed by atoms with van der Waals surface area (Å²) in [6.07, 6.45) is -1.45. The number of methoxy groups -OCH3 is 1. The Hall–Kier alpha value is -2.64. The van der Waals surface area contributed by atoms with Crippen molar-refractivity contribution < 1.29 is 17.9 Å².